The van der Waals surface area contributed by atoms with Crippen LogP contribution in [0.4, 0.5) is 32.3 Å². The van der Waals surface area contributed by atoms with Gasteiger partial charge in [-0.25, -0.2) is 15.5 Å². The molecule has 30 heteroatoms. The van der Waals surface area contributed by atoms with Gasteiger partial charge in [-0.15, -0.1) is 35.6 Å². The number of aliphatic hydroxyl groups is 2. The Morgan fingerprint density at radius 2 is 0.694 bits per heavy atom. The predicted molar refractivity (Wildman–Crippen MR) is 576 cm³/mol. The number of para-hydroxylation sites is 2. The van der Waals surface area contributed by atoms with Gasteiger partial charge in [-0.1, -0.05) is 205 Å². The molecule has 144 heavy (non-hydrogen) atoms. The topological polar surface area (TPSA) is 369 Å². The molecule has 6 saturated heterocycles. The molecule has 9 aromatic carbocycles. The van der Waals surface area contributed by atoms with Crippen molar-refractivity contribution in [2.75, 3.05) is 134 Å². The summed E-state index contributed by atoms with van der Waals surface area (Å²) in [5.74, 6) is 4.08. The van der Waals surface area contributed by atoms with E-state index < -0.39 is 11.2 Å². The number of halogens is 3. The molecule has 2 amide bonds. The Kier molecular flexibility index (Phi) is 46.8. The second kappa shape index (κ2) is 56.6. The number of alkyl halides is 2. The molecule has 0 unspecified atom stereocenters. The second-order valence-electron chi connectivity index (χ2n) is 40.6. The number of fused-ring (bicyclic) bond motifs is 12. The molecular weight excluding hydrogens is 1970 g/mol. The molecule has 12 aliphatic rings. The minimum Gasteiger partial charge on any atom is -0.444 e. The fourth-order valence-corrected chi connectivity index (χ4v) is 23.0. The zero-order chi connectivity index (χ0) is 101. The Hall–Kier alpha value is -10.2. The molecule has 6 fully saturated rings. The number of ether oxygens (including phenoxy) is 2. The molecule has 9 aromatic rings. The first-order valence-corrected chi connectivity index (χ1v) is 51.0. The van der Waals surface area contributed by atoms with Crippen LogP contribution in [-0.4, -0.2) is 214 Å². The van der Waals surface area contributed by atoms with Gasteiger partial charge in [0.1, 0.15) is 11.2 Å². The van der Waals surface area contributed by atoms with Crippen molar-refractivity contribution in [3.05, 3.63) is 307 Å². The SMILES string of the molecule is CC#N.CC(C)(C)OC(=O)N1CCC2(CC1)CC(=O)c1ccccc12.CC(C)(C)OC(=O)N1CCC2(CCNc3cc([N+](=O)[O-])ccc32)CC1.CO.CO.Cl.ClCCl.NO.O.O/N=C1/CC2(CCN(Cc3ccccc3)CC2)c2ccccc21.O=C1CC2(CCN(Cc3ccccc3)CC2)c2ccccc21.[Pd].c1ccc(CN2CCC3(CCNc4ccccc43)CC2)cc1.c1ccc2c(c1)NCCC21CCNCC1. The number of oxime groups is 1. The Morgan fingerprint density at radius 1 is 0.424 bits per heavy atom. The Bertz CT molecular complexity index is 5570. The van der Waals surface area contributed by atoms with Crippen molar-refractivity contribution < 1.29 is 80.1 Å². The largest absolute Gasteiger partial charge is 0.444 e. The maximum absolute atomic E-state index is 12.3. The van der Waals surface area contributed by atoms with E-state index in [-0.39, 0.29) is 93.9 Å². The van der Waals surface area contributed by atoms with E-state index in [1.54, 1.807) is 39.1 Å². The molecule has 3 aliphatic carbocycles. The predicted octanol–water partition coefficient (Wildman–Crippen LogP) is 21.1. The van der Waals surface area contributed by atoms with E-state index in [0.29, 0.717) is 55.6 Å². The van der Waals surface area contributed by atoms with Gasteiger partial charge in [-0.05, 0) is 258 Å². The van der Waals surface area contributed by atoms with Crippen molar-refractivity contribution in [3.8, 4) is 6.07 Å². The molecule has 6 spiro atoms. The molecule has 26 nitrogen and oxygen atoms in total. The number of nitrogens with two attached hydrogens (primary N) is 1. The Balaban J connectivity index is 0.000000206. The second-order valence-corrected chi connectivity index (χ2v) is 41.5. The Morgan fingerprint density at radius 3 is 1.04 bits per heavy atom. The number of amides is 2. The van der Waals surface area contributed by atoms with Gasteiger partial charge in [0.05, 0.1) is 22.0 Å². The van der Waals surface area contributed by atoms with Crippen molar-refractivity contribution in [3.63, 3.8) is 0 Å². The standard InChI is InChI=1S/C20H22N2O.C20H24N2.C20H21NO.C18H25N3O4.C18H23NO3.C13H18N2.C2H3N.CH2Cl2.2CH4O.ClH.H3NO.H2O.Pd/c23-21-19-14-20(18-9-5-4-8-17(18)19)10-12-22(13-11-20)15-16-6-2-1-3-7-16;1-2-6-17(7-3-1)16-22-14-11-20(12-15-22)10-13-21-19-9-5-4-8-18(19)20;22-19-14-20(18-9-5-4-8-17(18)19)10-12-21(13-11-20)15-16-6-2-1-3-7-16;1-17(2,3)25-16(22)20-10-7-18(8-11-20)6-9-19-15-12-13(21(23)24)4-5-14(15)18;1-17(2,3)22-16(21)19-10-8-18(9-11-19)12-15(20)13-6-4-5-7-14(13)18;1-2-4-12-11(3-1)13(7-10-15-12)5-8-14-9-6-13;1-2-3;2-1-3;2*1-2;;1-2;;/h1-9,23H,10-15H2;1-9,21H,10-16H2;1-9H,10-15H2;4-5,12,19H,6-11H2,1-3H3;4-7H,8-12H2,1-3H3;1-4,14-15H,5-10H2;1H3;1H2;2*2H,1H3;1H;2H,1H2;1H2;/b21-19-;;;;;;;;;;;;;. The summed E-state index contributed by atoms with van der Waals surface area (Å²) in [6, 6.07) is 81.4. The van der Waals surface area contributed by atoms with Crippen LogP contribution in [0, 0.1) is 21.4 Å². The average molecular weight is 2130 g/mol. The zero-order valence-corrected chi connectivity index (χ0v) is 89.2. The fourth-order valence-electron chi connectivity index (χ4n) is 23.0. The van der Waals surface area contributed by atoms with E-state index in [1.807, 2.05) is 84.0 Å². The van der Waals surface area contributed by atoms with Gasteiger partial charge in [0.2, 0.25) is 0 Å². The number of Topliss-reactive ketones (excluding diaryl/α,β-unsaturated/α-hetero) is 2. The fraction of sp³-hybridized carbons (Fsp3) is 0.474. The molecule has 782 valence electrons. The quantitative estimate of drug-likeness (QED) is 0.0235. The zero-order valence-electron chi connectivity index (χ0n) is 85.3. The number of anilines is 3. The molecule has 0 aromatic heterocycles. The van der Waals surface area contributed by atoms with Crippen molar-refractivity contribution >= 4 is 87.8 Å². The smallest absolute Gasteiger partial charge is 0.410 e. The van der Waals surface area contributed by atoms with Gasteiger partial charge >= 0.3 is 12.2 Å². The number of benzene rings is 9. The van der Waals surface area contributed by atoms with Crippen molar-refractivity contribution in [1.82, 2.24) is 29.8 Å². The van der Waals surface area contributed by atoms with Crippen LogP contribution in [0.15, 0.2) is 236 Å². The number of nitrogens with one attached hydrogen (secondary N) is 4. The van der Waals surface area contributed by atoms with Crippen molar-refractivity contribution in [2.45, 2.75) is 227 Å². The number of ketones is 2. The van der Waals surface area contributed by atoms with Gasteiger partial charge in [0.25, 0.3) is 5.69 Å². The average Bonchev–Trinajstić information content (AvgIpc) is 1.51. The summed E-state index contributed by atoms with van der Waals surface area (Å²) in [4.78, 5) is 70.8. The van der Waals surface area contributed by atoms with Crippen LogP contribution in [0.25, 0.3) is 0 Å². The van der Waals surface area contributed by atoms with Crippen molar-refractivity contribution in [1.29, 1.82) is 5.26 Å². The van der Waals surface area contributed by atoms with E-state index in [0.717, 1.165) is 178 Å². The van der Waals surface area contributed by atoms with Crippen LogP contribution in [0.2, 0.25) is 0 Å². The number of carbonyl (C=O) groups is 4. The van der Waals surface area contributed by atoms with Gasteiger partial charge in [0.15, 0.2) is 11.6 Å². The first-order valence-electron chi connectivity index (χ1n) is 50.0. The summed E-state index contributed by atoms with van der Waals surface area (Å²) in [5.41, 5.74) is 19.9. The molecular formula is C114H152Cl3N13O13Pd. The number of nitro groups is 1. The number of carbonyl (C=O) groups excluding carboxylic acids is 4. The number of hydrogen-bond acceptors (Lipinski definition) is 22. The minimum absolute atomic E-state index is 0. The minimum atomic E-state index is -0.494. The molecule has 0 bridgehead atoms. The molecule has 0 radical (unpaired) electrons. The number of nitriles is 1. The van der Waals surface area contributed by atoms with Gasteiger partial charge < -0.3 is 66.6 Å². The number of nitrogens with zero attached hydrogens (tertiary/aromatic N) is 8. The van der Waals surface area contributed by atoms with Crippen LogP contribution >= 0.6 is 35.6 Å². The number of hydrogen-bond donors (Lipinski definition) is 9. The van der Waals surface area contributed by atoms with Crippen LogP contribution in [0.1, 0.15) is 240 Å². The summed E-state index contributed by atoms with van der Waals surface area (Å²) in [7, 11) is 2.00. The number of rotatable bonds is 7. The first-order chi connectivity index (χ1) is 68.2. The number of nitro benzene ring substituents is 1. The third kappa shape index (κ3) is 30.5. The Labute approximate surface area is 882 Å². The third-order valence-corrected chi connectivity index (χ3v) is 30.1. The van der Waals surface area contributed by atoms with Crippen LogP contribution in [-0.2, 0) is 82.0 Å². The third-order valence-electron chi connectivity index (χ3n) is 30.1. The first kappa shape index (κ1) is 119. The molecule has 21 rings (SSSR count). The maximum Gasteiger partial charge on any atom is 0.410 e. The number of non-ortho nitro benzene ring substituents is 1. The maximum atomic E-state index is 12.3. The molecule has 0 saturated carbocycles. The molecule has 0 atom stereocenters. The monoisotopic (exact) mass is 2120 g/mol. The summed E-state index contributed by atoms with van der Waals surface area (Å²) < 4.78 is 10.9. The van der Waals surface area contributed by atoms with E-state index in [9.17, 15) is 34.5 Å². The number of piperidine rings is 6. The van der Waals surface area contributed by atoms with Gasteiger partial charge in [0, 0.05) is 205 Å². The van der Waals surface area contributed by atoms with E-state index in [4.69, 9.17) is 53.4 Å². The van der Waals surface area contributed by atoms with Crippen LogP contribution < -0.4 is 27.2 Å². The summed E-state index contributed by atoms with van der Waals surface area (Å²) in [6.07, 6.45) is 18.2. The number of likely N-dealkylation sites (tertiary alicyclic amines) is 5. The summed E-state index contributed by atoms with van der Waals surface area (Å²) in [6.45, 7) is 30.6. The van der Waals surface area contributed by atoms with Crippen molar-refractivity contribution in [2.24, 2.45) is 11.1 Å². The van der Waals surface area contributed by atoms with E-state index in [1.165, 1.54) is 116 Å². The van der Waals surface area contributed by atoms with E-state index >= 15 is 0 Å². The van der Waals surface area contributed by atoms with Gasteiger partial charge in [-0.3, -0.25) is 34.4 Å². The normalized spacial score (nSPS) is 18.8. The van der Waals surface area contributed by atoms with Gasteiger partial charge in [-0.2, -0.15) is 5.26 Å². The molecule has 9 aliphatic heterocycles. The number of aliphatic hydroxyl groups excluding tert-OH is 2. The summed E-state index contributed by atoms with van der Waals surface area (Å²) >= 11 is 9.53. The van der Waals surface area contributed by atoms with Crippen LogP contribution in [0.3, 0.4) is 0 Å². The van der Waals surface area contributed by atoms with Crippen LogP contribution in [0.5, 0.6) is 0 Å². The molecule has 12 N–H and O–H groups in total. The van der Waals surface area contributed by atoms with E-state index in [2.05, 4.69) is 223 Å². The summed E-state index contributed by atoms with van der Waals surface area (Å²) in [5, 5.41) is 65.8. The molecule has 9 heterocycles.